The predicted octanol–water partition coefficient (Wildman–Crippen LogP) is 2.63. The minimum absolute atomic E-state index is 0.0931. The van der Waals surface area contributed by atoms with Gasteiger partial charge in [0.2, 0.25) is 5.91 Å². The van der Waals surface area contributed by atoms with Crippen molar-refractivity contribution in [3.63, 3.8) is 0 Å². The second-order valence-electron chi connectivity index (χ2n) is 6.14. The van der Waals surface area contributed by atoms with E-state index < -0.39 is 0 Å². The highest BCUT2D eigenvalue weighted by molar-refractivity contribution is 7.15. The number of rotatable bonds is 3. The Labute approximate surface area is 137 Å². The molecule has 6 nitrogen and oxygen atoms in total. The summed E-state index contributed by atoms with van der Waals surface area (Å²) >= 11 is 1.57. The second-order valence-corrected chi connectivity index (χ2v) is 7.02. The number of carbonyl (C=O) groups is 1. The summed E-state index contributed by atoms with van der Waals surface area (Å²) in [6.07, 6.45) is 4.95. The molecule has 7 heteroatoms. The number of nitrogens with zero attached hydrogens (tertiary/aromatic N) is 4. The fraction of sp³-hybridized carbons (Fsp3) is 0.438. The molecule has 0 N–H and O–H groups in total. The summed E-state index contributed by atoms with van der Waals surface area (Å²) in [4.78, 5) is 24.3. The third-order valence-corrected chi connectivity index (χ3v) is 4.84. The van der Waals surface area contributed by atoms with Crippen LogP contribution in [0.15, 0.2) is 22.2 Å². The first-order valence-corrected chi connectivity index (χ1v) is 8.65. The van der Waals surface area contributed by atoms with Gasteiger partial charge in [-0.3, -0.25) is 9.20 Å². The van der Waals surface area contributed by atoms with Crippen LogP contribution in [0.3, 0.4) is 0 Å². The van der Waals surface area contributed by atoms with Crippen LogP contribution in [0.2, 0.25) is 0 Å². The van der Waals surface area contributed by atoms with E-state index in [0.29, 0.717) is 19.5 Å². The van der Waals surface area contributed by atoms with Crippen molar-refractivity contribution in [1.82, 2.24) is 19.3 Å². The van der Waals surface area contributed by atoms with Gasteiger partial charge in [-0.05, 0) is 0 Å². The average molecular weight is 330 g/mol. The van der Waals surface area contributed by atoms with Crippen LogP contribution in [0.1, 0.15) is 42.8 Å². The van der Waals surface area contributed by atoms with E-state index in [0.717, 1.165) is 34.4 Å². The van der Waals surface area contributed by atoms with Crippen LogP contribution in [-0.2, 0) is 24.2 Å². The van der Waals surface area contributed by atoms with Crippen molar-refractivity contribution in [2.75, 3.05) is 6.54 Å². The first-order valence-electron chi connectivity index (χ1n) is 7.77. The van der Waals surface area contributed by atoms with Crippen molar-refractivity contribution >= 4 is 22.2 Å². The normalized spacial score (nSPS) is 14.7. The van der Waals surface area contributed by atoms with E-state index in [9.17, 15) is 4.79 Å². The van der Waals surface area contributed by atoms with E-state index in [2.05, 4.69) is 23.8 Å². The highest BCUT2D eigenvalue weighted by atomic mass is 32.1. The number of fused-ring (bicyclic) bond motifs is 2. The van der Waals surface area contributed by atoms with Crippen molar-refractivity contribution in [2.24, 2.45) is 0 Å². The minimum Gasteiger partial charge on any atom is -0.445 e. The van der Waals surface area contributed by atoms with Crippen LogP contribution in [0.4, 0.5) is 0 Å². The van der Waals surface area contributed by atoms with Crippen LogP contribution in [0.25, 0.3) is 4.96 Å². The van der Waals surface area contributed by atoms with E-state index in [1.807, 2.05) is 27.1 Å². The van der Waals surface area contributed by atoms with Crippen LogP contribution < -0.4 is 0 Å². The Bertz CT molecular complexity index is 832. The quantitative estimate of drug-likeness (QED) is 0.740. The standard InChI is InChI=1S/C16H18N4O2S/c1-10(2)15-18-12-9-19(4-3-13(12)22-15)14(21)7-11-8-20-5-6-23-16(20)17-11/h5-6,8,10H,3-4,7,9H2,1-2H3. The summed E-state index contributed by atoms with van der Waals surface area (Å²) < 4.78 is 7.73. The molecule has 0 aromatic carbocycles. The lowest BCUT2D eigenvalue weighted by Gasteiger charge is -2.25. The van der Waals surface area contributed by atoms with Gasteiger partial charge in [0.1, 0.15) is 11.5 Å². The molecule has 0 fully saturated rings. The highest BCUT2D eigenvalue weighted by Crippen LogP contribution is 2.24. The fourth-order valence-electron chi connectivity index (χ4n) is 2.81. The smallest absolute Gasteiger partial charge is 0.229 e. The van der Waals surface area contributed by atoms with E-state index in [-0.39, 0.29) is 11.8 Å². The predicted molar refractivity (Wildman–Crippen MR) is 86.5 cm³/mol. The lowest BCUT2D eigenvalue weighted by molar-refractivity contribution is -0.131. The Morgan fingerprint density at radius 3 is 3.09 bits per heavy atom. The van der Waals surface area contributed by atoms with Gasteiger partial charge in [-0.25, -0.2) is 9.97 Å². The summed E-state index contributed by atoms with van der Waals surface area (Å²) in [7, 11) is 0. The van der Waals surface area contributed by atoms with Gasteiger partial charge in [0.05, 0.1) is 18.7 Å². The van der Waals surface area contributed by atoms with Crippen molar-refractivity contribution in [2.45, 2.75) is 39.2 Å². The summed E-state index contributed by atoms with van der Waals surface area (Å²) in [6, 6.07) is 0. The number of carbonyl (C=O) groups excluding carboxylic acids is 1. The van der Waals surface area contributed by atoms with Crippen molar-refractivity contribution in [3.05, 3.63) is 40.8 Å². The third-order valence-electron chi connectivity index (χ3n) is 4.07. The first kappa shape index (κ1) is 14.4. The molecule has 1 amide bonds. The number of oxazole rings is 1. The van der Waals surface area contributed by atoms with Crippen LogP contribution in [0, 0.1) is 0 Å². The van der Waals surface area contributed by atoms with Crippen LogP contribution in [0.5, 0.6) is 0 Å². The van der Waals surface area contributed by atoms with Gasteiger partial charge < -0.3 is 9.32 Å². The van der Waals surface area contributed by atoms with Gasteiger partial charge in [0.25, 0.3) is 0 Å². The van der Waals surface area contributed by atoms with E-state index in [4.69, 9.17) is 4.42 Å². The molecule has 3 aromatic rings. The molecule has 1 aliphatic rings. The largest absolute Gasteiger partial charge is 0.445 e. The Kier molecular flexibility index (Phi) is 3.45. The molecule has 0 radical (unpaired) electrons. The third kappa shape index (κ3) is 2.65. The maximum Gasteiger partial charge on any atom is 0.229 e. The number of amides is 1. The number of thiazole rings is 1. The summed E-state index contributed by atoms with van der Waals surface area (Å²) in [6.45, 7) is 5.34. The molecule has 4 heterocycles. The van der Waals surface area contributed by atoms with Crippen molar-refractivity contribution in [3.8, 4) is 0 Å². The van der Waals surface area contributed by atoms with Gasteiger partial charge >= 0.3 is 0 Å². The van der Waals surface area contributed by atoms with Crippen LogP contribution in [-0.4, -0.2) is 31.7 Å². The summed E-state index contributed by atoms with van der Waals surface area (Å²) in [5, 5.41) is 1.98. The molecule has 120 valence electrons. The molecule has 0 spiro atoms. The lowest BCUT2D eigenvalue weighted by Crippen LogP contribution is -2.36. The monoisotopic (exact) mass is 330 g/mol. The van der Waals surface area contributed by atoms with Crippen LogP contribution >= 0.6 is 11.3 Å². The molecule has 0 atom stereocenters. The van der Waals surface area contributed by atoms with E-state index in [1.54, 1.807) is 11.3 Å². The minimum atomic E-state index is 0.0931. The molecule has 0 aliphatic carbocycles. The topological polar surface area (TPSA) is 63.6 Å². The van der Waals surface area contributed by atoms with Crippen molar-refractivity contribution in [1.29, 1.82) is 0 Å². The maximum absolute atomic E-state index is 12.5. The molecule has 3 aromatic heterocycles. The second kappa shape index (κ2) is 5.49. The van der Waals surface area contributed by atoms with Gasteiger partial charge in [-0.15, -0.1) is 11.3 Å². The van der Waals surface area contributed by atoms with Gasteiger partial charge in [-0.1, -0.05) is 13.8 Å². The van der Waals surface area contributed by atoms with Gasteiger partial charge in [-0.2, -0.15) is 0 Å². The Morgan fingerprint density at radius 2 is 2.30 bits per heavy atom. The van der Waals surface area contributed by atoms with E-state index in [1.165, 1.54) is 0 Å². The Balaban J connectivity index is 1.47. The molecule has 4 rings (SSSR count). The maximum atomic E-state index is 12.5. The molecule has 0 bridgehead atoms. The number of aromatic nitrogens is 3. The SMILES string of the molecule is CC(C)c1nc2c(o1)CCN(C(=O)Cc1cn3ccsc3n1)C2. The molecular formula is C16H18N4O2S. The summed E-state index contributed by atoms with van der Waals surface area (Å²) in [5.41, 5.74) is 1.72. The van der Waals surface area contributed by atoms with Gasteiger partial charge in [0, 0.05) is 36.7 Å². The molecule has 1 aliphatic heterocycles. The number of hydrogen-bond donors (Lipinski definition) is 0. The zero-order valence-electron chi connectivity index (χ0n) is 13.2. The highest BCUT2D eigenvalue weighted by Gasteiger charge is 2.26. The molecular weight excluding hydrogens is 312 g/mol. The Morgan fingerprint density at radius 1 is 1.43 bits per heavy atom. The molecule has 0 saturated heterocycles. The number of imidazole rings is 1. The fourth-order valence-corrected chi connectivity index (χ4v) is 3.53. The lowest BCUT2D eigenvalue weighted by atomic mass is 10.1. The molecule has 0 unspecified atom stereocenters. The number of hydrogen-bond acceptors (Lipinski definition) is 5. The molecule has 0 saturated carbocycles. The zero-order valence-corrected chi connectivity index (χ0v) is 14.0. The van der Waals surface area contributed by atoms with Crippen molar-refractivity contribution < 1.29 is 9.21 Å². The zero-order chi connectivity index (χ0) is 16.0. The summed E-state index contributed by atoms with van der Waals surface area (Å²) in [5.74, 6) is 2.05. The first-order chi connectivity index (χ1) is 11.1. The molecule has 23 heavy (non-hydrogen) atoms. The van der Waals surface area contributed by atoms with Gasteiger partial charge in [0.15, 0.2) is 10.9 Å². The average Bonchev–Trinajstić information content (AvgIpc) is 3.19. The Hall–Kier alpha value is -2.15. The van der Waals surface area contributed by atoms with E-state index >= 15 is 0 Å².